The van der Waals surface area contributed by atoms with Gasteiger partial charge in [0.15, 0.2) is 0 Å². The first-order valence-electron chi connectivity index (χ1n) is 8.08. The van der Waals surface area contributed by atoms with E-state index in [9.17, 15) is 4.79 Å². The Morgan fingerprint density at radius 3 is 2.47 bits per heavy atom. The number of nitrogens with two attached hydrogens (primary N) is 1. The average Bonchev–Trinajstić information content (AvgIpc) is 2.42. The van der Waals surface area contributed by atoms with Crippen LogP contribution in [-0.2, 0) is 4.79 Å². The van der Waals surface area contributed by atoms with Gasteiger partial charge in [-0.15, -0.1) is 0 Å². The highest BCUT2D eigenvalue weighted by atomic mass is 16.2. The number of amides is 1. The predicted molar refractivity (Wildman–Crippen MR) is 78.7 cm³/mol. The van der Waals surface area contributed by atoms with E-state index in [0.717, 1.165) is 31.7 Å². The Balaban J connectivity index is 1.81. The molecule has 2 aliphatic rings. The molecule has 2 N–H and O–H groups in total. The van der Waals surface area contributed by atoms with Crippen LogP contribution in [0.5, 0.6) is 0 Å². The van der Waals surface area contributed by atoms with Crippen molar-refractivity contribution < 1.29 is 4.79 Å². The maximum Gasteiger partial charge on any atom is 0.225 e. The maximum absolute atomic E-state index is 12.5. The van der Waals surface area contributed by atoms with Crippen LogP contribution in [0.4, 0.5) is 0 Å². The molecule has 2 aliphatic carbocycles. The number of rotatable bonds is 3. The van der Waals surface area contributed by atoms with Gasteiger partial charge in [0, 0.05) is 25.6 Å². The molecule has 0 aromatic heterocycles. The van der Waals surface area contributed by atoms with Crippen LogP contribution in [0.2, 0.25) is 0 Å². The smallest absolute Gasteiger partial charge is 0.225 e. The van der Waals surface area contributed by atoms with Gasteiger partial charge in [-0.05, 0) is 43.9 Å². The van der Waals surface area contributed by atoms with E-state index < -0.39 is 0 Å². The van der Waals surface area contributed by atoms with Crippen molar-refractivity contribution in [2.45, 2.75) is 64.3 Å². The van der Waals surface area contributed by atoms with E-state index in [4.69, 9.17) is 5.73 Å². The Bertz CT molecular complexity index is 299. The van der Waals surface area contributed by atoms with Crippen LogP contribution in [0.1, 0.15) is 58.3 Å². The third-order valence-electron chi connectivity index (χ3n) is 5.22. The van der Waals surface area contributed by atoms with E-state index in [1.54, 1.807) is 0 Å². The summed E-state index contributed by atoms with van der Waals surface area (Å²) in [5.41, 5.74) is 6.04. The van der Waals surface area contributed by atoms with Crippen LogP contribution in [0, 0.1) is 17.8 Å². The van der Waals surface area contributed by atoms with Gasteiger partial charge in [0.1, 0.15) is 0 Å². The van der Waals surface area contributed by atoms with Gasteiger partial charge in [-0.3, -0.25) is 4.79 Å². The molecule has 3 unspecified atom stereocenters. The predicted octanol–water partition coefficient (Wildman–Crippen LogP) is 2.79. The van der Waals surface area contributed by atoms with Crippen molar-refractivity contribution in [3.05, 3.63) is 0 Å². The highest BCUT2D eigenvalue weighted by molar-refractivity contribution is 5.78. The Kier molecular flexibility index (Phi) is 5.26. The van der Waals surface area contributed by atoms with Gasteiger partial charge >= 0.3 is 0 Å². The summed E-state index contributed by atoms with van der Waals surface area (Å²) in [7, 11) is 2.00. The van der Waals surface area contributed by atoms with Gasteiger partial charge in [0.2, 0.25) is 5.91 Å². The van der Waals surface area contributed by atoms with E-state index in [0.29, 0.717) is 17.9 Å². The van der Waals surface area contributed by atoms with Crippen molar-refractivity contribution in [1.29, 1.82) is 0 Å². The summed E-state index contributed by atoms with van der Waals surface area (Å²) in [5, 5.41) is 0. The molecule has 0 spiro atoms. The molecule has 0 radical (unpaired) electrons. The summed E-state index contributed by atoms with van der Waals surface area (Å²) in [4.78, 5) is 14.5. The molecular formula is C16H30N2O. The lowest BCUT2D eigenvalue weighted by molar-refractivity contribution is -0.136. The number of hydrogen-bond donors (Lipinski definition) is 1. The van der Waals surface area contributed by atoms with E-state index in [1.165, 1.54) is 32.1 Å². The second kappa shape index (κ2) is 6.74. The molecule has 19 heavy (non-hydrogen) atoms. The fourth-order valence-electron chi connectivity index (χ4n) is 3.80. The van der Waals surface area contributed by atoms with Crippen molar-refractivity contribution in [3.63, 3.8) is 0 Å². The first kappa shape index (κ1) is 14.8. The Hall–Kier alpha value is -0.570. The molecule has 0 aromatic carbocycles. The van der Waals surface area contributed by atoms with Crippen molar-refractivity contribution in [1.82, 2.24) is 4.90 Å². The summed E-state index contributed by atoms with van der Waals surface area (Å²) in [5.74, 6) is 1.82. The Morgan fingerprint density at radius 2 is 1.84 bits per heavy atom. The molecule has 2 fully saturated rings. The van der Waals surface area contributed by atoms with Crippen LogP contribution in [0.25, 0.3) is 0 Å². The topological polar surface area (TPSA) is 46.3 Å². The minimum Gasteiger partial charge on any atom is -0.345 e. The molecule has 2 saturated carbocycles. The monoisotopic (exact) mass is 266 g/mol. The number of hydrogen-bond acceptors (Lipinski definition) is 2. The molecule has 3 nitrogen and oxygen atoms in total. The average molecular weight is 266 g/mol. The van der Waals surface area contributed by atoms with Gasteiger partial charge in [0.05, 0.1) is 0 Å². The van der Waals surface area contributed by atoms with Crippen LogP contribution in [0.15, 0.2) is 0 Å². The third-order valence-corrected chi connectivity index (χ3v) is 5.22. The van der Waals surface area contributed by atoms with Crippen molar-refractivity contribution >= 4 is 5.91 Å². The normalized spacial score (nSPS) is 33.1. The molecule has 110 valence electrons. The zero-order valence-electron chi connectivity index (χ0n) is 12.6. The summed E-state index contributed by atoms with van der Waals surface area (Å²) in [6, 6.07) is 0.299. The molecule has 0 bridgehead atoms. The zero-order valence-corrected chi connectivity index (χ0v) is 12.6. The van der Waals surface area contributed by atoms with Crippen molar-refractivity contribution in [3.8, 4) is 0 Å². The van der Waals surface area contributed by atoms with E-state index >= 15 is 0 Å². The Morgan fingerprint density at radius 1 is 1.16 bits per heavy atom. The molecule has 3 atom stereocenters. The van der Waals surface area contributed by atoms with Crippen LogP contribution < -0.4 is 5.73 Å². The molecule has 0 saturated heterocycles. The minimum atomic E-state index is 0.225. The molecule has 3 heteroatoms. The standard InChI is InChI=1S/C16H30N2O/c1-12-10-14(8-9-15(12)17)16(19)18(2)11-13-6-4-3-5-7-13/h12-15H,3-11,17H2,1-2H3. The summed E-state index contributed by atoms with van der Waals surface area (Å²) in [6.45, 7) is 3.15. The van der Waals surface area contributed by atoms with Gasteiger partial charge in [-0.1, -0.05) is 26.2 Å². The molecule has 0 aliphatic heterocycles. The first-order valence-corrected chi connectivity index (χ1v) is 8.08. The molecule has 0 aromatic rings. The van der Waals surface area contributed by atoms with Crippen molar-refractivity contribution in [2.75, 3.05) is 13.6 Å². The third kappa shape index (κ3) is 3.95. The van der Waals surface area contributed by atoms with Crippen LogP contribution in [0.3, 0.4) is 0 Å². The number of nitrogens with zero attached hydrogens (tertiary/aromatic N) is 1. The van der Waals surface area contributed by atoms with E-state index in [1.807, 2.05) is 11.9 Å². The zero-order chi connectivity index (χ0) is 13.8. The second-order valence-electron chi connectivity index (χ2n) is 6.87. The van der Waals surface area contributed by atoms with E-state index in [2.05, 4.69) is 6.92 Å². The fraction of sp³-hybridized carbons (Fsp3) is 0.938. The number of carbonyl (C=O) groups is 1. The van der Waals surface area contributed by atoms with E-state index in [-0.39, 0.29) is 5.92 Å². The highest BCUT2D eigenvalue weighted by Gasteiger charge is 2.31. The lowest BCUT2D eigenvalue weighted by atomic mass is 9.78. The quantitative estimate of drug-likeness (QED) is 0.854. The van der Waals surface area contributed by atoms with Gasteiger partial charge in [0.25, 0.3) is 0 Å². The summed E-state index contributed by atoms with van der Waals surface area (Å²) < 4.78 is 0. The second-order valence-corrected chi connectivity index (χ2v) is 6.87. The SMILES string of the molecule is CC1CC(C(=O)N(C)CC2CCCCC2)CCC1N. The summed E-state index contributed by atoms with van der Waals surface area (Å²) in [6.07, 6.45) is 9.67. The van der Waals surface area contributed by atoms with Gasteiger partial charge < -0.3 is 10.6 Å². The van der Waals surface area contributed by atoms with Gasteiger partial charge in [-0.25, -0.2) is 0 Å². The lowest BCUT2D eigenvalue weighted by Gasteiger charge is -2.34. The molecule has 0 heterocycles. The van der Waals surface area contributed by atoms with Gasteiger partial charge in [-0.2, -0.15) is 0 Å². The van der Waals surface area contributed by atoms with Crippen molar-refractivity contribution in [2.24, 2.45) is 23.5 Å². The minimum absolute atomic E-state index is 0.225. The largest absolute Gasteiger partial charge is 0.345 e. The highest BCUT2D eigenvalue weighted by Crippen LogP contribution is 2.30. The molecular weight excluding hydrogens is 236 g/mol. The van der Waals surface area contributed by atoms with Crippen LogP contribution in [-0.4, -0.2) is 30.4 Å². The molecule has 2 rings (SSSR count). The summed E-state index contributed by atoms with van der Waals surface area (Å²) >= 11 is 0. The Labute approximate surface area is 117 Å². The molecule has 1 amide bonds. The fourth-order valence-corrected chi connectivity index (χ4v) is 3.80. The number of carbonyl (C=O) groups excluding carboxylic acids is 1. The first-order chi connectivity index (χ1) is 9.08. The van der Waals surface area contributed by atoms with Crippen LogP contribution >= 0.6 is 0 Å². The lowest BCUT2D eigenvalue weighted by Crippen LogP contribution is -2.42. The maximum atomic E-state index is 12.5.